The molecule has 1 amide bonds. The van der Waals surface area contributed by atoms with Crippen LogP contribution in [0.25, 0.3) is 0 Å². The van der Waals surface area contributed by atoms with Crippen LogP contribution in [0.5, 0.6) is 5.75 Å². The SMILES string of the molecule is CCOC(=O)c1cn2c(c1OC)C(=O)N(C1CC1)C[C@@H]2C. The molecule has 3 rings (SSSR count). The van der Waals surface area contributed by atoms with Crippen molar-refractivity contribution in [3.05, 3.63) is 17.5 Å². The van der Waals surface area contributed by atoms with Gasteiger partial charge < -0.3 is 18.9 Å². The van der Waals surface area contributed by atoms with E-state index in [1.807, 2.05) is 16.4 Å². The first-order chi connectivity index (χ1) is 10.1. The Morgan fingerprint density at radius 3 is 2.71 bits per heavy atom. The molecule has 0 aromatic carbocycles. The minimum atomic E-state index is -0.450. The highest BCUT2D eigenvalue weighted by atomic mass is 16.5. The van der Waals surface area contributed by atoms with Gasteiger partial charge in [0.15, 0.2) is 11.4 Å². The zero-order chi connectivity index (χ0) is 15.1. The molecule has 6 heteroatoms. The number of esters is 1. The Labute approximate surface area is 123 Å². The molecule has 2 aliphatic rings. The molecule has 0 radical (unpaired) electrons. The summed E-state index contributed by atoms with van der Waals surface area (Å²) in [4.78, 5) is 26.6. The van der Waals surface area contributed by atoms with Gasteiger partial charge in [0.2, 0.25) is 0 Å². The summed E-state index contributed by atoms with van der Waals surface area (Å²) in [5.74, 6) is -0.173. The number of rotatable bonds is 4. The number of hydrogen-bond acceptors (Lipinski definition) is 4. The number of methoxy groups -OCH3 is 1. The third-order valence-electron chi connectivity index (χ3n) is 4.07. The molecule has 21 heavy (non-hydrogen) atoms. The second kappa shape index (κ2) is 5.09. The van der Waals surface area contributed by atoms with E-state index in [0.29, 0.717) is 36.2 Å². The van der Waals surface area contributed by atoms with Crippen molar-refractivity contribution < 1.29 is 19.1 Å². The normalized spacial score (nSPS) is 21.2. The van der Waals surface area contributed by atoms with Gasteiger partial charge in [-0.25, -0.2) is 4.79 Å². The fourth-order valence-corrected chi connectivity index (χ4v) is 2.92. The summed E-state index contributed by atoms with van der Waals surface area (Å²) in [6, 6.07) is 0.467. The van der Waals surface area contributed by atoms with E-state index in [2.05, 4.69) is 0 Å². The first kappa shape index (κ1) is 14.0. The van der Waals surface area contributed by atoms with Gasteiger partial charge in [-0.15, -0.1) is 0 Å². The first-order valence-corrected chi connectivity index (χ1v) is 7.35. The molecule has 0 unspecified atom stereocenters. The number of carbonyl (C=O) groups excluding carboxylic acids is 2. The van der Waals surface area contributed by atoms with E-state index in [-0.39, 0.29) is 11.9 Å². The van der Waals surface area contributed by atoms with Crippen LogP contribution < -0.4 is 4.74 Å². The van der Waals surface area contributed by atoms with Crippen molar-refractivity contribution in [1.29, 1.82) is 0 Å². The molecule has 1 aliphatic carbocycles. The maximum Gasteiger partial charge on any atom is 0.343 e. The molecule has 1 saturated carbocycles. The van der Waals surface area contributed by atoms with Crippen LogP contribution in [0.2, 0.25) is 0 Å². The van der Waals surface area contributed by atoms with Crippen molar-refractivity contribution >= 4 is 11.9 Å². The van der Waals surface area contributed by atoms with E-state index >= 15 is 0 Å². The number of amides is 1. The van der Waals surface area contributed by atoms with Gasteiger partial charge in [-0.2, -0.15) is 0 Å². The standard InChI is InChI=1S/C15H20N2O4/c1-4-21-15(19)11-8-16-9(2)7-17(10-5-6-10)14(18)12(16)13(11)20-3/h8-10H,4-7H2,1-3H3/t9-/m0/s1. The zero-order valence-electron chi connectivity index (χ0n) is 12.6. The lowest BCUT2D eigenvalue weighted by molar-refractivity contribution is 0.0522. The predicted molar refractivity (Wildman–Crippen MR) is 75.7 cm³/mol. The number of nitrogens with zero attached hydrogens (tertiary/aromatic N) is 2. The third kappa shape index (κ3) is 2.18. The fraction of sp³-hybridized carbons (Fsp3) is 0.600. The van der Waals surface area contributed by atoms with Crippen LogP contribution in [-0.4, -0.2) is 47.6 Å². The summed E-state index contributed by atoms with van der Waals surface area (Å²) < 4.78 is 12.2. The van der Waals surface area contributed by atoms with Gasteiger partial charge >= 0.3 is 5.97 Å². The number of hydrogen-bond donors (Lipinski definition) is 0. The third-order valence-corrected chi connectivity index (χ3v) is 4.07. The average molecular weight is 292 g/mol. The van der Waals surface area contributed by atoms with Crippen molar-refractivity contribution in [2.24, 2.45) is 0 Å². The number of fused-ring (bicyclic) bond motifs is 1. The highest BCUT2D eigenvalue weighted by Gasteiger charge is 2.41. The Kier molecular flexibility index (Phi) is 3.39. The quantitative estimate of drug-likeness (QED) is 0.795. The van der Waals surface area contributed by atoms with Crippen molar-refractivity contribution in [2.75, 3.05) is 20.3 Å². The minimum Gasteiger partial charge on any atom is -0.493 e. The second-order valence-electron chi connectivity index (χ2n) is 5.59. The lowest BCUT2D eigenvalue weighted by Crippen LogP contribution is -2.43. The van der Waals surface area contributed by atoms with Gasteiger partial charge in [0.25, 0.3) is 5.91 Å². The van der Waals surface area contributed by atoms with Crippen molar-refractivity contribution in [1.82, 2.24) is 9.47 Å². The summed E-state index contributed by atoms with van der Waals surface area (Å²) in [5.41, 5.74) is 0.790. The van der Waals surface area contributed by atoms with Crippen LogP contribution in [0, 0.1) is 0 Å². The summed E-state index contributed by atoms with van der Waals surface area (Å²) >= 11 is 0. The summed E-state index contributed by atoms with van der Waals surface area (Å²) in [6.07, 6.45) is 3.80. The fourth-order valence-electron chi connectivity index (χ4n) is 2.92. The van der Waals surface area contributed by atoms with Gasteiger partial charge in [-0.3, -0.25) is 4.79 Å². The molecule has 0 N–H and O–H groups in total. The molecule has 6 nitrogen and oxygen atoms in total. The predicted octanol–water partition coefficient (Wildman–Crippen LogP) is 1.85. The van der Waals surface area contributed by atoms with E-state index in [0.717, 1.165) is 12.8 Å². The number of ether oxygens (including phenoxy) is 2. The maximum absolute atomic E-state index is 12.7. The monoisotopic (exact) mass is 292 g/mol. The lowest BCUT2D eigenvalue weighted by atomic mass is 10.2. The van der Waals surface area contributed by atoms with E-state index in [9.17, 15) is 9.59 Å². The van der Waals surface area contributed by atoms with Gasteiger partial charge in [0.05, 0.1) is 13.7 Å². The molecule has 1 aromatic rings. The Hall–Kier alpha value is -1.98. The van der Waals surface area contributed by atoms with Crippen molar-refractivity contribution in [3.63, 3.8) is 0 Å². The Morgan fingerprint density at radius 2 is 2.14 bits per heavy atom. The molecule has 114 valence electrons. The van der Waals surface area contributed by atoms with E-state index in [1.165, 1.54) is 7.11 Å². The van der Waals surface area contributed by atoms with Gasteiger partial charge in [-0.05, 0) is 26.7 Å². The average Bonchev–Trinajstić information content (AvgIpc) is 3.21. The van der Waals surface area contributed by atoms with Gasteiger partial charge in [0.1, 0.15) is 5.56 Å². The molecule has 0 spiro atoms. The zero-order valence-corrected chi connectivity index (χ0v) is 12.6. The van der Waals surface area contributed by atoms with E-state index in [4.69, 9.17) is 9.47 Å². The molecule has 1 aliphatic heterocycles. The largest absolute Gasteiger partial charge is 0.493 e. The number of aromatic nitrogens is 1. The second-order valence-corrected chi connectivity index (χ2v) is 5.59. The molecule has 1 fully saturated rings. The van der Waals surface area contributed by atoms with Crippen LogP contribution in [0.1, 0.15) is 53.6 Å². The van der Waals surface area contributed by atoms with Crippen LogP contribution in [-0.2, 0) is 4.74 Å². The molecule has 1 aromatic heterocycles. The minimum absolute atomic E-state index is 0.0528. The summed E-state index contributed by atoms with van der Waals surface area (Å²) in [5, 5.41) is 0. The molecular weight excluding hydrogens is 272 g/mol. The first-order valence-electron chi connectivity index (χ1n) is 7.35. The van der Waals surface area contributed by atoms with Crippen molar-refractivity contribution in [2.45, 2.75) is 38.8 Å². The Balaban J connectivity index is 2.05. The number of carbonyl (C=O) groups is 2. The van der Waals surface area contributed by atoms with Crippen LogP contribution in [0.15, 0.2) is 6.20 Å². The van der Waals surface area contributed by atoms with Gasteiger partial charge in [0, 0.05) is 24.8 Å². The van der Waals surface area contributed by atoms with E-state index in [1.54, 1.807) is 13.1 Å². The maximum atomic E-state index is 12.7. The van der Waals surface area contributed by atoms with E-state index < -0.39 is 5.97 Å². The summed E-state index contributed by atoms with van der Waals surface area (Å²) in [7, 11) is 1.48. The summed E-state index contributed by atoms with van der Waals surface area (Å²) in [6.45, 7) is 4.76. The molecule has 1 atom stereocenters. The molecule has 2 heterocycles. The van der Waals surface area contributed by atoms with Crippen molar-refractivity contribution in [3.8, 4) is 5.75 Å². The highest BCUT2D eigenvalue weighted by Crippen LogP contribution is 2.38. The molecule has 0 bridgehead atoms. The Morgan fingerprint density at radius 1 is 1.43 bits per heavy atom. The lowest BCUT2D eigenvalue weighted by Gasteiger charge is -2.33. The molecular formula is C15H20N2O4. The van der Waals surface area contributed by atoms with Crippen LogP contribution in [0.4, 0.5) is 0 Å². The topological polar surface area (TPSA) is 60.8 Å². The molecule has 0 saturated heterocycles. The van der Waals surface area contributed by atoms with Crippen LogP contribution in [0.3, 0.4) is 0 Å². The Bertz CT molecular complexity index is 589. The highest BCUT2D eigenvalue weighted by molar-refractivity contribution is 6.02. The van der Waals surface area contributed by atoms with Gasteiger partial charge in [-0.1, -0.05) is 0 Å². The smallest absolute Gasteiger partial charge is 0.343 e. The van der Waals surface area contributed by atoms with Crippen LogP contribution >= 0.6 is 0 Å².